The lowest BCUT2D eigenvalue weighted by Crippen LogP contribution is -2.65. The minimum Gasteiger partial charge on any atom is -0.493 e. The Morgan fingerprint density at radius 3 is 3.09 bits per heavy atom. The molecule has 0 unspecified atom stereocenters. The van der Waals surface area contributed by atoms with Gasteiger partial charge in [-0.05, 0) is 50.4 Å². The SMILES string of the molecule is COc1ccc2c3c1O[C@@H]1C(=O)CC[C@H]4[C@@H](C2)N(C)CC[C@@]314. The van der Waals surface area contributed by atoms with E-state index in [9.17, 15) is 4.79 Å². The number of nitrogens with zero attached hydrogens (tertiary/aromatic N) is 1. The standard InChI is InChI=1S/C18H21NO3/c1-19-8-7-18-11-4-5-13(20)17(18)22-16-14(21-2)6-3-10(15(16)18)9-12(11)19/h3,6,11-12,17H,4-5,7-9H2,1-2H3/t11-,12+,17+,18+/m0/s1. The highest BCUT2D eigenvalue weighted by molar-refractivity contribution is 5.89. The maximum atomic E-state index is 12.6. The molecule has 2 bridgehead atoms. The summed E-state index contributed by atoms with van der Waals surface area (Å²) in [7, 11) is 3.91. The van der Waals surface area contributed by atoms with E-state index >= 15 is 0 Å². The number of ether oxygens (including phenoxy) is 2. The van der Waals surface area contributed by atoms with Gasteiger partial charge in [-0.3, -0.25) is 4.79 Å². The number of ketones is 1. The van der Waals surface area contributed by atoms with Crippen LogP contribution in [0.1, 0.15) is 30.4 Å². The van der Waals surface area contributed by atoms with Crippen LogP contribution in [-0.2, 0) is 16.6 Å². The molecule has 1 spiro atoms. The lowest BCUT2D eigenvalue weighted by molar-refractivity contribution is -0.138. The first-order valence-corrected chi connectivity index (χ1v) is 8.27. The van der Waals surface area contributed by atoms with E-state index in [1.165, 1.54) is 11.1 Å². The van der Waals surface area contributed by atoms with E-state index in [-0.39, 0.29) is 17.3 Å². The number of carbonyl (C=O) groups excluding carboxylic acids is 1. The van der Waals surface area contributed by atoms with Crippen molar-refractivity contribution in [2.24, 2.45) is 5.92 Å². The van der Waals surface area contributed by atoms with E-state index in [4.69, 9.17) is 9.47 Å². The van der Waals surface area contributed by atoms with Crippen molar-refractivity contribution >= 4 is 5.78 Å². The average molecular weight is 299 g/mol. The van der Waals surface area contributed by atoms with Gasteiger partial charge in [-0.1, -0.05) is 6.07 Å². The van der Waals surface area contributed by atoms with Crippen LogP contribution in [0.3, 0.4) is 0 Å². The number of hydrogen-bond donors (Lipinski definition) is 0. The van der Waals surface area contributed by atoms with Crippen LogP contribution in [0.5, 0.6) is 11.5 Å². The first-order chi connectivity index (χ1) is 10.7. The third kappa shape index (κ3) is 1.27. The van der Waals surface area contributed by atoms with Crippen molar-refractivity contribution in [2.75, 3.05) is 20.7 Å². The molecule has 4 aliphatic rings. The number of rotatable bonds is 1. The molecule has 1 aromatic carbocycles. The predicted octanol–water partition coefficient (Wildman–Crippen LogP) is 1.93. The Morgan fingerprint density at radius 1 is 1.41 bits per heavy atom. The minimum atomic E-state index is -0.284. The second kappa shape index (κ2) is 4.05. The van der Waals surface area contributed by atoms with E-state index < -0.39 is 0 Å². The predicted molar refractivity (Wildman–Crippen MR) is 81.6 cm³/mol. The molecule has 4 atom stereocenters. The zero-order chi connectivity index (χ0) is 15.1. The molecule has 0 radical (unpaired) electrons. The second-order valence-corrected chi connectivity index (χ2v) is 7.28. The monoisotopic (exact) mass is 299 g/mol. The summed E-state index contributed by atoms with van der Waals surface area (Å²) in [4.78, 5) is 15.1. The van der Waals surface area contributed by atoms with Crippen LogP contribution in [0, 0.1) is 5.92 Å². The van der Waals surface area contributed by atoms with Crippen LogP contribution in [0.2, 0.25) is 0 Å². The van der Waals surface area contributed by atoms with Crippen LogP contribution < -0.4 is 9.47 Å². The van der Waals surface area contributed by atoms with Gasteiger partial charge in [0.2, 0.25) is 0 Å². The molecule has 22 heavy (non-hydrogen) atoms. The summed E-state index contributed by atoms with van der Waals surface area (Å²) >= 11 is 0. The third-order valence-electron chi connectivity index (χ3n) is 6.59. The summed E-state index contributed by atoms with van der Waals surface area (Å²) in [6.45, 7) is 1.05. The van der Waals surface area contributed by atoms with Gasteiger partial charge in [-0.15, -0.1) is 0 Å². The fourth-order valence-corrected chi connectivity index (χ4v) is 5.67. The van der Waals surface area contributed by atoms with E-state index in [0.29, 0.717) is 18.4 Å². The van der Waals surface area contributed by atoms with Crippen LogP contribution in [0.15, 0.2) is 12.1 Å². The maximum absolute atomic E-state index is 12.6. The molecule has 2 aliphatic heterocycles. The first-order valence-electron chi connectivity index (χ1n) is 8.27. The first kappa shape index (κ1) is 12.9. The number of benzene rings is 1. The molecule has 2 aliphatic carbocycles. The highest BCUT2D eigenvalue weighted by Crippen LogP contribution is 2.62. The van der Waals surface area contributed by atoms with Crippen molar-refractivity contribution in [2.45, 2.75) is 43.2 Å². The van der Waals surface area contributed by atoms with Crippen molar-refractivity contribution in [3.8, 4) is 11.5 Å². The molecule has 116 valence electrons. The zero-order valence-electron chi connectivity index (χ0n) is 13.1. The average Bonchev–Trinajstić information content (AvgIpc) is 2.88. The highest BCUT2D eigenvalue weighted by Gasteiger charge is 2.65. The Kier molecular flexibility index (Phi) is 2.38. The summed E-state index contributed by atoms with van der Waals surface area (Å²) in [5.74, 6) is 2.46. The Morgan fingerprint density at radius 2 is 2.27 bits per heavy atom. The van der Waals surface area contributed by atoms with Gasteiger partial charge in [-0.25, -0.2) is 0 Å². The number of piperidine rings is 1. The van der Waals surface area contributed by atoms with Gasteiger partial charge in [0.15, 0.2) is 23.4 Å². The number of Topliss-reactive ketones (excluding diaryl/α,β-unsaturated/α-hetero) is 1. The molecule has 1 saturated heterocycles. The van der Waals surface area contributed by atoms with Gasteiger partial charge < -0.3 is 14.4 Å². The Bertz CT molecular complexity index is 685. The second-order valence-electron chi connectivity index (χ2n) is 7.28. The van der Waals surface area contributed by atoms with E-state index in [0.717, 1.165) is 37.3 Å². The summed E-state index contributed by atoms with van der Waals surface area (Å²) in [5, 5.41) is 0. The lowest BCUT2D eigenvalue weighted by atomic mass is 9.52. The quantitative estimate of drug-likeness (QED) is 0.794. The van der Waals surface area contributed by atoms with Crippen LogP contribution in [0.25, 0.3) is 0 Å². The molecule has 0 N–H and O–H groups in total. The van der Waals surface area contributed by atoms with Gasteiger partial charge in [0, 0.05) is 23.4 Å². The van der Waals surface area contributed by atoms with Crippen molar-refractivity contribution < 1.29 is 14.3 Å². The van der Waals surface area contributed by atoms with Gasteiger partial charge >= 0.3 is 0 Å². The van der Waals surface area contributed by atoms with Gasteiger partial charge in [-0.2, -0.15) is 0 Å². The molecule has 1 saturated carbocycles. The number of likely N-dealkylation sites (tertiary alicyclic amines) is 1. The molecule has 1 aromatic rings. The van der Waals surface area contributed by atoms with Crippen molar-refractivity contribution in [3.05, 3.63) is 23.3 Å². The lowest BCUT2D eigenvalue weighted by Gasteiger charge is -2.57. The van der Waals surface area contributed by atoms with Crippen LogP contribution >= 0.6 is 0 Å². The molecule has 5 rings (SSSR count). The Labute approximate surface area is 130 Å². The molecule has 2 heterocycles. The number of carbonyl (C=O) groups is 1. The summed E-state index contributed by atoms with van der Waals surface area (Å²) < 4.78 is 11.8. The largest absolute Gasteiger partial charge is 0.493 e. The summed E-state index contributed by atoms with van der Waals surface area (Å²) in [6, 6.07) is 4.73. The molecule has 0 aromatic heterocycles. The molecule has 2 fully saturated rings. The van der Waals surface area contributed by atoms with Gasteiger partial charge in [0.1, 0.15) is 0 Å². The fraction of sp³-hybridized carbons (Fsp3) is 0.611. The summed E-state index contributed by atoms with van der Waals surface area (Å²) in [6.07, 6.45) is 3.47. The molecule has 0 amide bonds. The third-order valence-corrected chi connectivity index (χ3v) is 6.59. The Hall–Kier alpha value is -1.55. The highest BCUT2D eigenvalue weighted by atomic mass is 16.5. The van der Waals surface area contributed by atoms with Gasteiger partial charge in [0.05, 0.1) is 7.11 Å². The van der Waals surface area contributed by atoms with Crippen molar-refractivity contribution in [1.82, 2.24) is 4.90 Å². The van der Waals surface area contributed by atoms with Crippen molar-refractivity contribution in [1.29, 1.82) is 0 Å². The van der Waals surface area contributed by atoms with Crippen LogP contribution in [0.4, 0.5) is 0 Å². The zero-order valence-corrected chi connectivity index (χ0v) is 13.1. The molecular weight excluding hydrogens is 278 g/mol. The van der Waals surface area contributed by atoms with Crippen molar-refractivity contribution in [3.63, 3.8) is 0 Å². The number of hydrogen-bond acceptors (Lipinski definition) is 4. The number of likely N-dealkylation sites (N-methyl/N-ethyl adjacent to an activating group) is 1. The Balaban J connectivity index is 1.81. The summed E-state index contributed by atoms with van der Waals surface area (Å²) in [5.41, 5.74) is 2.57. The van der Waals surface area contributed by atoms with E-state index in [1.807, 2.05) is 6.07 Å². The maximum Gasteiger partial charge on any atom is 0.174 e. The minimum absolute atomic E-state index is 0.0933. The molecule has 4 nitrogen and oxygen atoms in total. The topological polar surface area (TPSA) is 38.8 Å². The molecular formula is C18H21NO3. The normalized spacial score (nSPS) is 38.5. The van der Waals surface area contributed by atoms with E-state index in [2.05, 4.69) is 18.0 Å². The smallest absolute Gasteiger partial charge is 0.174 e. The van der Waals surface area contributed by atoms with Gasteiger partial charge in [0.25, 0.3) is 0 Å². The fourth-order valence-electron chi connectivity index (χ4n) is 5.67. The number of methoxy groups -OCH3 is 1. The van der Waals surface area contributed by atoms with E-state index in [1.54, 1.807) is 7.11 Å². The van der Waals surface area contributed by atoms with Crippen LogP contribution in [-0.4, -0.2) is 43.5 Å². The molecule has 4 heteroatoms.